The van der Waals surface area contributed by atoms with Crippen LogP contribution in [0.15, 0.2) is 42.6 Å². The Morgan fingerprint density at radius 1 is 1.22 bits per heavy atom. The van der Waals surface area contributed by atoms with Gasteiger partial charge in [-0.1, -0.05) is 23.4 Å². The van der Waals surface area contributed by atoms with Crippen molar-refractivity contribution in [1.82, 2.24) is 20.3 Å². The lowest BCUT2D eigenvalue weighted by Crippen LogP contribution is -2.69. The third-order valence-corrected chi connectivity index (χ3v) is 8.69. The van der Waals surface area contributed by atoms with Gasteiger partial charge in [0, 0.05) is 20.5 Å². The van der Waals surface area contributed by atoms with Gasteiger partial charge in [-0.05, 0) is 31.5 Å². The zero-order valence-electron chi connectivity index (χ0n) is 21.5. The Balaban J connectivity index is 1.33. The van der Waals surface area contributed by atoms with Crippen LogP contribution in [0.3, 0.4) is 0 Å². The number of rotatable bonds is 5. The van der Waals surface area contributed by atoms with Crippen LogP contribution in [-0.2, 0) is 9.47 Å². The van der Waals surface area contributed by atoms with Crippen LogP contribution in [-0.4, -0.2) is 79.6 Å². The number of carbonyl (C=O) groups excluding carboxylic acids is 1. The quantitative estimate of drug-likeness (QED) is 0.260. The van der Waals surface area contributed by atoms with Crippen molar-refractivity contribution >= 4 is 27.3 Å². The van der Waals surface area contributed by atoms with E-state index in [0.29, 0.717) is 5.56 Å². The summed E-state index contributed by atoms with van der Waals surface area (Å²) in [6.07, 6.45) is -2.98. The predicted octanol–water partition coefficient (Wildman–Crippen LogP) is 2.45. The standard InChI is InChI=1S/C27H25F3N4O6S/c1-12-21(14-4-2-3-5-19(14)41-12)26(38)31-20-6-7-39-27(20)25(37)23(24(36)18(11-35)40-27)34-10-17(32-33-34)13-8-15(28)22(30)16(29)9-13/h2-5,8-10,18,20,23-25,35-37H,6-7,11H2,1H3,(H,31,38)/t18-,20-,23+,24+,25-,27+/m1/s1. The van der Waals surface area contributed by atoms with Crippen LogP contribution in [0.1, 0.15) is 27.7 Å². The summed E-state index contributed by atoms with van der Waals surface area (Å²) in [4.78, 5) is 14.3. The van der Waals surface area contributed by atoms with Crippen molar-refractivity contribution in [3.05, 3.63) is 70.5 Å². The molecule has 6 atom stereocenters. The largest absolute Gasteiger partial charge is 0.394 e. The second kappa shape index (κ2) is 10.5. The van der Waals surface area contributed by atoms with Crippen molar-refractivity contribution in [2.24, 2.45) is 0 Å². The number of halogens is 3. The second-order valence-corrected chi connectivity index (χ2v) is 11.3. The fourth-order valence-corrected chi connectivity index (χ4v) is 6.69. The van der Waals surface area contributed by atoms with Crippen LogP contribution in [0.2, 0.25) is 0 Å². The first-order valence-electron chi connectivity index (χ1n) is 12.8. The number of hydrogen-bond acceptors (Lipinski definition) is 9. The molecule has 2 aliphatic heterocycles. The fraction of sp³-hybridized carbons (Fsp3) is 0.370. The maximum atomic E-state index is 13.8. The summed E-state index contributed by atoms with van der Waals surface area (Å²) in [5, 5.41) is 44.1. The van der Waals surface area contributed by atoms with Crippen LogP contribution >= 0.6 is 11.3 Å². The van der Waals surface area contributed by atoms with Gasteiger partial charge in [0.25, 0.3) is 5.91 Å². The van der Waals surface area contributed by atoms with Gasteiger partial charge in [-0.3, -0.25) is 4.79 Å². The SMILES string of the molecule is Cc1sc2ccccc2c1C(=O)N[C@@H]1CCO[C@]12O[C@H](CO)[C@H](O)[C@H](n1cc(-c3cc(F)c(F)c(F)c3)nn1)[C@H]2O. The number of nitrogens with one attached hydrogen (secondary N) is 1. The van der Waals surface area contributed by atoms with Gasteiger partial charge in [0.15, 0.2) is 17.5 Å². The number of benzene rings is 2. The zero-order valence-corrected chi connectivity index (χ0v) is 22.3. The van der Waals surface area contributed by atoms with Crippen molar-refractivity contribution in [1.29, 1.82) is 0 Å². The molecule has 2 fully saturated rings. The van der Waals surface area contributed by atoms with Crippen molar-refractivity contribution < 1.29 is 42.8 Å². The molecule has 4 heterocycles. The van der Waals surface area contributed by atoms with Gasteiger partial charge < -0.3 is 30.1 Å². The molecule has 41 heavy (non-hydrogen) atoms. The van der Waals surface area contributed by atoms with E-state index in [1.807, 2.05) is 31.2 Å². The van der Waals surface area contributed by atoms with E-state index in [4.69, 9.17) is 9.47 Å². The molecule has 2 aromatic heterocycles. The Labute approximate surface area is 234 Å². The Hall–Kier alpha value is -3.40. The number of hydrogen-bond donors (Lipinski definition) is 4. The number of aliphatic hydroxyl groups excluding tert-OH is 3. The third kappa shape index (κ3) is 4.51. The van der Waals surface area contributed by atoms with Gasteiger partial charge in [-0.15, -0.1) is 16.4 Å². The summed E-state index contributed by atoms with van der Waals surface area (Å²) in [5.74, 6) is -6.77. The van der Waals surface area contributed by atoms with Crippen LogP contribution in [0.25, 0.3) is 21.3 Å². The Morgan fingerprint density at radius 2 is 1.95 bits per heavy atom. The molecule has 0 bridgehead atoms. The van der Waals surface area contributed by atoms with Gasteiger partial charge in [0.2, 0.25) is 5.79 Å². The van der Waals surface area contributed by atoms with Crippen LogP contribution in [0.4, 0.5) is 13.2 Å². The average molecular weight is 591 g/mol. The molecule has 4 N–H and O–H groups in total. The van der Waals surface area contributed by atoms with Crippen molar-refractivity contribution in [2.45, 2.75) is 49.5 Å². The lowest BCUT2D eigenvalue weighted by molar-refractivity contribution is -0.344. The van der Waals surface area contributed by atoms with E-state index in [0.717, 1.165) is 31.8 Å². The van der Waals surface area contributed by atoms with Crippen LogP contribution < -0.4 is 5.32 Å². The topological polar surface area (TPSA) is 139 Å². The molecule has 0 saturated carbocycles. The van der Waals surface area contributed by atoms with E-state index in [1.165, 1.54) is 17.5 Å². The van der Waals surface area contributed by atoms with E-state index < -0.39 is 66.1 Å². The molecular formula is C27H25F3N4O6S. The predicted molar refractivity (Wildman–Crippen MR) is 139 cm³/mol. The lowest BCUT2D eigenvalue weighted by atomic mass is 9.86. The second-order valence-electron chi connectivity index (χ2n) is 10.0. The van der Waals surface area contributed by atoms with E-state index in [-0.39, 0.29) is 24.3 Å². The molecule has 6 rings (SSSR count). The number of amides is 1. The Kier molecular flexibility index (Phi) is 7.08. The smallest absolute Gasteiger partial charge is 0.253 e. The Morgan fingerprint density at radius 3 is 2.68 bits per heavy atom. The highest BCUT2D eigenvalue weighted by Crippen LogP contribution is 2.43. The number of ether oxygens (including phenoxy) is 2. The molecule has 1 spiro atoms. The van der Waals surface area contributed by atoms with Gasteiger partial charge in [-0.2, -0.15) is 0 Å². The van der Waals surface area contributed by atoms with E-state index in [9.17, 15) is 33.3 Å². The normalized spacial score (nSPS) is 28.0. The lowest BCUT2D eigenvalue weighted by Gasteiger charge is -2.49. The van der Waals surface area contributed by atoms with Crippen LogP contribution in [0, 0.1) is 24.4 Å². The number of aromatic nitrogens is 3. The molecule has 2 aromatic carbocycles. The summed E-state index contributed by atoms with van der Waals surface area (Å²) in [6.45, 7) is 1.26. The Bertz CT molecular complexity index is 1610. The fourth-order valence-electron chi connectivity index (χ4n) is 5.62. The van der Waals surface area contributed by atoms with Crippen molar-refractivity contribution in [2.75, 3.05) is 13.2 Å². The molecule has 216 valence electrons. The summed E-state index contributed by atoms with van der Waals surface area (Å²) in [6, 6.07) is 6.73. The number of carbonyl (C=O) groups is 1. The van der Waals surface area contributed by atoms with E-state index in [1.54, 1.807) is 0 Å². The minimum atomic E-state index is -1.88. The van der Waals surface area contributed by atoms with E-state index >= 15 is 0 Å². The van der Waals surface area contributed by atoms with Gasteiger partial charge in [-0.25, -0.2) is 17.9 Å². The molecule has 2 aliphatic rings. The number of aryl methyl sites for hydroxylation is 1. The monoisotopic (exact) mass is 590 g/mol. The highest BCUT2D eigenvalue weighted by Gasteiger charge is 2.62. The van der Waals surface area contributed by atoms with Crippen LogP contribution in [0.5, 0.6) is 0 Å². The maximum Gasteiger partial charge on any atom is 0.253 e. The molecule has 0 aliphatic carbocycles. The zero-order chi connectivity index (χ0) is 29.1. The summed E-state index contributed by atoms with van der Waals surface area (Å²) in [5.41, 5.74) is 0.283. The molecular weight excluding hydrogens is 565 g/mol. The van der Waals surface area contributed by atoms with Crippen molar-refractivity contribution in [3.8, 4) is 11.3 Å². The first kappa shape index (κ1) is 27.8. The number of thiophene rings is 1. The van der Waals surface area contributed by atoms with Gasteiger partial charge in [0.1, 0.15) is 30.0 Å². The highest BCUT2D eigenvalue weighted by molar-refractivity contribution is 7.19. The molecule has 1 amide bonds. The average Bonchev–Trinajstić information content (AvgIpc) is 3.66. The molecule has 10 nitrogen and oxygen atoms in total. The first-order valence-corrected chi connectivity index (χ1v) is 13.6. The first-order chi connectivity index (χ1) is 19.6. The molecule has 0 radical (unpaired) electrons. The van der Waals surface area contributed by atoms with Gasteiger partial charge >= 0.3 is 0 Å². The number of aliphatic hydroxyl groups is 3. The summed E-state index contributed by atoms with van der Waals surface area (Å²) in [7, 11) is 0. The number of fused-ring (bicyclic) bond motifs is 1. The molecule has 2 saturated heterocycles. The summed E-state index contributed by atoms with van der Waals surface area (Å²) >= 11 is 1.47. The number of nitrogens with zero attached hydrogens (tertiary/aromatic N) is 3. The van der Waals surface area contributed by atoms with Gasteiger partial charge in [0.05, 0.1) is 31.0 Å². The maximum absolute atomic E-state index is 13.8. The molecule has 14 heteroatoms. The summed E-state index contributed by atoms with van der Waals surface area (Å²) < 4.78 is 55.0. The minimum Gasteiger partial charge on any atom is -0.394 e. The van der Waals surface area contributed by atoms with Crippen molar-refractivity contribution in [3.63, 3.8) is 0 Å². The highest BCUT2D eigenvalue weighted by atomic mass is 32.1. The molecule has 0 unspecified atom stereocenters. The third-order valence-electron chi connectivity index (χ3n) is 7.60. The molecule has 4 aromatic rings. The minimum absolute atomic E-state index is 0.0692. The van der Waals surface area contributed by atoms with E-state index in [2.05, 4.69) is 15.6 Å².